The molecule has 1 aliphatic rings. The van der Waals surface area contributed by atoms with Gasteiger partial charge in [0.1, 0.15) is 0 Å². The molecular weight excluding hydrogens is 411 g/mol. The molecule has 0 unspecified atom stereocenters. The smallest absolute Gasteiger partial charge is 0.238 e. The van der Waals surface area contributed by atoms with Crippen LogP contribution in [-0.2, 0) is 9.59 Å². The Morgan fingerprint density at radius 3 is 1.86 bits per heavy atom. The van der Waals surface area contributed by atoms with Gasteiger partial charge in [0.15, 0.2) is 0 Å². The van der Waals surface area contributed by atoms with Crippen molar-refractivity contribution in [1.29, 1.82) is 0 Å². The molecule has 2 rings (SSSR count). The van der Waals surface area contributed by atoms with E-state index in [0.29, 0.717) is 31.6 Å². The van der Waals surface area contributed by atoms with Gasteiger partial charge in [-0.1, -0.05) is 26.7 Å². The van der Waals surface area contributed by atoms with E-state index in [2.05, 4.69) is 15.5 Å². The molecule has 1 heterocycles. The summed E-state index contributed by atoms with van der Waals surface area (Å²) in [6.07, 6.45) is 6.26. The number of anilines is 2. The number of likely N-dealkylation sites (tertiary alicyclic amines) is 1. The van der Waals surface area contributed by atoms with Crippen LogP contribution < -0.4 is 16.4 Å². The van der Waals surface area contributed by atoms with Crippen LogP contribution in [0.1, 0.15) is 52.4 Å². The zero-order chi connectivity index (χ0) is 19.7. The van der Waals surface area contributed by atoms with Crippen LogP contribution in [0.25, 0.3) is 0 Å². The molecule has 8 heteroatoms. The van der Waals surface area contributed by atoms with Gasteiger partial charge in [0.25, 0.3) is 0 Å². The Labute approximate surface area is 187 Å². The molecule has 0 bridgehead atoms. The number of halogens is 2. The van der Waals surface area contributed by atoms with Crippen LogP contribution in [-0.4, -0.2) is 42.9 Å². The predicted molar refractivity (Wildman–Crippen MR) is 125 cm³/mol. The summed E-state index contributed by atoms with van der Waals surface area (Å²) in [4.78, 5) is 27.1. The highest BCUT2D eigenvalue weighted by Gasteiger charge is 2.33. The van der Waals surface area contributed by atoms with Crippen LogP contribution in [0.5, 0.6) is 0 Å². The van der Waals surface area contributed by atoms with Gasteiger partial charge in [-0.15, -0.1) is 24.8 Å². The van der Waals surface area contributed by atoms with Gasteiger partial charge in [0.05, 0.1) is 12.0 Å². The fourth-order valence-corrected chi connectivity index (χ4v) is 3.55. The van der Waals surface area contributed by atoms with Crippen LogP contribution >= 0.6 is 24.8 Å². The van der Waals surface area contributed by atoms with Gasteiger partial charge in [0.2, 0.25) is 11.8 Å². The van der Waals surface area contributed by atoms with Crippen molar-refractivity contribution in [2.75, 3.05) is 36.8 Å². The summed E-state index contributed by atoms with van der Waals surface area (Å²) < 4.78 is 0. The number of amides is 2. The van der Waals surface area contributed by atoms with Gasteiger partial charge in [-0.2, -0.15) is 0 Å². The first-order valence-corrected chi connectivity index (χ1v) is 10.2. The van der Waals surface area contributed by atoms with Crippen molar-refractivity contribution in [2.45, 2.75) is 52.4 Å². The van der Waals surface area contributed by atoms with E-state index in [1.165, 1.54) is 25.7 Å². The van der Waals surface area contributed by atoms with Crippen molar-refractivity contribution in [2.24, 2.45) is 11.1 Å². The molecular formula is C21H36Cl2N4O2. The van der Waals surface area contributed by atoms with Crippen LogP contribution in [0.15, 0.2) is 24.3 Å². The largest absolute Gasteiger partial charge is 0.329 e. The third-order valence-electron chi connectivity index (χ3n) is 5.72. The highest BCUT2D eigenvalue weighted by molar-refractivity contribution is 5.96. The Morgan fingerprint density at radius 2 is 1.41 bits per heavy atom. The van der Waals surface area contributed by atoms with Crippen molar-refractivity contribution < 1.29 is 9.59 Å². The summed E-state index contributed by atoms with van der Waals surface area (Å²) in [6.45, 7) is 6.73. The van der Waals surface area contributed by atoms with E-state index in [0.717, 1.165) is 18.8 Å². The van der Waals surface area contributed by atoms with Crippen LogP contribution in [0.3, 0.4) is 0 Å². The summed E-state index contributed by atoms with van der Waals surface area (Å²) in [6, 6.07) is 7.26. The zero-order valence-electron chi connectivity index (χ0n) is 17.5. The SMILES string of the molecule is CCC(CC)(CN)C(=O)Nc1ccc(NC(=O)CN2CCCCCC2)cc1.Cl.Cl. The van der Waals surface area contributed by atoms with Gasteiger partial charge >= 0.3 is 0 Å². The Balaban J connectivity index is 0.00000392. The van der Waals surface area contributed by atoms with E-state index >= 15 is 0 Å². The summed E-state index contributed by atoms with van der Waals surface area (Å²) in [5.74, 6) is -0.0410. The van der Waals surface area contributed by atoms with Crippen molar-refractivity contribution in [3.05, 3.63) is 24.3 Å². The predicted octanol–water partition coefficient (Wildman–Crippen LogP) is 4.05. The first-order valence-electron chi connectivity index (χ1n) is 10.2. The van der Waals surface area contributed by atoms with Crippen molar-refractivity contribution in [1.82, 2.24) is 4.90 Å². The Kier molecular flexibility index (Phi) is 13.2. The molecule has 1 saturated heterocycles. The highest BCUT2D eigenvalue weighted by atomic mass is 35.5. The molecule has 2 amide bonds. The molecule has 6 nitrogen and oxygen atoms in total. The van der Waals surface area contributed by atoms with E-state index in [-0.39, 0.29) is 36.6 Å². The summed E-state index contributed by atoms with van der Waals surface area (Å²) in [7, 11) is 0. The Hall–Kier alpha value is -1.34. The van der Waals surface area contributed by atoms with E-state index < -0.39 is 5.41 Å². The van der Waals surface area contributed by atoms with Crippen molar-refractivity contribution in [3.8, 4) is 0 Å². The van der Waals surface area contributed by atoms with Gasteiger partial charge in [-0.25, -0.2) is 0 Å². The molecule has 1 aromatic rings. The minimum absolute atomic E-state index is 0. The molecule has 0 saturated carbocycles. The third kappa shape index (κ3) is 8.13. The maximum atomic E-state index is 12.6. The zero-order valence-corrected chi connectivity index (χ0v) is 19.2. The quantitative estimate of drug-likeness (QED) is 0.561. The van der Waals surface area contributed by atoms with E-state index in [4.69, 9.17) is 5.73 Å². The normalized spacial score (nSPS) is 14.7. The van der Waals surface area contributed by atoms with Crippen molar-refractivity contribution >= 4 is 48.0 Å². The minimum Gasteiger partial charge on any atom is -0.329 e. The minimum atomic E-state index is -0.528. The number of hydrogen-bond acceptors (Lipinski definition) is 4. The third-order valence-corrected chi connectivity index (χ3v) is 5.72. The number of nitrogens with one attached hydrogen (secondary N) is 2. The fraction of sp³-hybridized carbons (Fsp3) is 0.619. The topological polar surface area (TPSA) is 87.5 Å². The lowest BCUT2D eigenvalue weighted by atomic mass is 9.81. The number of carbonyl (C=O) groups excluding carboxylic acids is 2. The number of nitrogens with zero attached hydrogens (tertiary/aromatic N) is 1. The number of benzene rings is 1. The van der Waals surface area contributed by atoms with Gasteiger partial charge in [-0.3, -0.25) is 14.5 Å². The molecule has 0 radical (unpaired) electrons. The molecule has 1 aliphatic heterocycles. The van der Waals surface area contributed by atoms with E-state index in [1.54, 1.807) is 0 Å². The van der Waals surface area contributed by atoms with Gasteiger partial charge in [0, 0.05) is 17.9 Å². The second-order valence-corrected chi connectivity index (χ2v) is 7.46. The lowest BCUT2D eigenvalue weighted by Crippen LogP contribution is -2.41. The van der Waals surface area contributed by atoms with Crippen LogP contribution in [0.2, 0.25) is 0 Å². The molecule has 166 valence electrons. The van der Waals surface area contributed by atoms with Crippen LogP contribution in [0, 0.1) is 5.41 Å². The maximum absolute atomic E-state index is 12.6. The number of carbonyl (C=O) groups is 2. The van der Waals surface area contributed by atoms with Crippen LogP contribution in [0.4, 0.5) is 11.4 Å². The lowest BCUT2D eigenvalue weighted by Gasteiger charge is -2.28. The molecule has 29 heavy (non-hydrogen) atoms. The Morgan fingerprint density at radius 1 is 0.931 bits per heavy atom. The second-order valence-electron chi connectivity index (χ2n) is 7.46. The maximum Gasteiger partial charge on any atom is 0.238 e. The van der Waals surface area contributed by atoms with Crippen molar-refractivity contribution in [3.63, 3.8) is 0 Å². The average molecular weight is 447 g/mol. The molecule has 0 aliphatic carbocycles. The highest BCUT2D eigenvalue weighted by Crippen LogP contribution is 2.27. The van der Waals surface area contributed by atoms with E-state index in [9.17, 15) is 9.59 Å². The summed E-state index contributed by atoms with van der Waals surface area (Å²) >= 11 is 0. The number of hydrogen-bond donors (Lipinski definition) is 3. The Bertz CT molecular complexity index is 605. The summed E-state index contributed by atoms with van der Waals surface area (Å²) in [5.41, 5.74) is 6.76. The molecule has 0 aromatic heterocycles. The summed E-state index contributed by atoms with van der Waals surface area (Å²) in [5, 5.41) is 5.89. The monoisotopic (exact) mass is 446 g/mol. The molecule has 1 aromatic carbocycles. The molecule has 4 N–H and O–H groups in total. The fourth-order valence-electron chi connectivity index (χ4n) is 3.55. The molecule has 0 spiro atoms. The molecule has 0 atom stereocenters. The van der Waals surface area contributed by atoms with Gasteiger partial charge in [-0.05, 0) is 63.0 Å². The average Bonchev–Trinajstić information content (AvgIpc) is 2.94. The standard InChI is InChI=1S/C21H34N4O2.2ClH/c1-3-21(4-2,16-22)20(27)24-18-11-9-17(10-12-18)23-19(26)15-25-13-7-5-6-8-14-25;;/h9-12H,3-8,13-16,22H2,1-2H3,(H,23,26)(H,24,27);2*1H. The van der Waals surface area contributed by atoms with E-state index in [1.807, 2.05) is 38.1 Å². The first kappa shape index (κ1) is 27.7. The van der Waals surface area contributed by atoms with Gasteiger partial charge < -0.3 is 16.4 Å². The number of nitrogens with two attached hydrogens (primary N) is 1. The molecule has 1 fully saturated rings. The second kappa shape index (κ2) is 13.8. The lowest BCUT2D eigenvalue weighted by molar-refractivity contribution is -0.125. The first-order chi connectivity index (χ1) is 13.0. The number of rotatable bonds is 8.